The van der Waals surface area contributed by atoms with Crippen LogP contribution in [0.3, 0.4) is 0 Å². The first kappa shape index (κ1) is 16.0. The van der Waals surface area contributed by atoms with Crippen LogP contribution in [-0.2, 0) is 9.53 Å². The van der Waals surface area contributed by atoms with Crippen LogP contribution in [-0.4, -0.2) is 38.8 Å². The van der Waals surface area contributed by atoms with Crippen molar-refractivity contribution < 1.29 is 9.53 Å². The second kappa shape index (κ2) is 7.57. The second-order valence-corrected chi connectivity index (χ2v) is 5.87. The van der Waals surface area contributed by atoms with Crippen molar-refractivity contribution in [3.63, 3.8) is 0 Å². The molecule has 1 aliphatic heterocycles. The molecule has 1 aromatic rings. The number of carbonyl (C=O) groups is 1. The lowest BCUT2D eigenvalue weighted by Crippen LogP contribution is -2.33. The van der Waals surface area contributed by atoms with Crippen molar-refractivity contribution in [2.75, 3.05) is 31.6 Å². The van der Waals surface area contributed by atoms with Crippen LogP contribution >= 0.6 is 0 Å². The van der Waals surface area contributed by atoms with Crippen LogP contribution in [0.2, 0.25) is 0 Å². The van der Waals surface area contributed by atoms with E-state index in [4.69, 9.17) is 4.74 Å². The fourth-order valence-corrected chi connectivity index (χ4v) is 2.73. The molecule has 1 fully saturated rings. The van der Waals surface area contributed by atoms with E-state index in [9.17, 15) is 4.79 Å². The Labute approximate surface area is 127 Å². The van der Waals surface area contributed by atoms with Gasteiger partial charge in [0.2, 0.25) is 5.91 Å². The minimum atomic E-state index is 0.105. The summed E-state index contributed by atoms with van der Waals surface area (Å²) in [6.07, 6.45) is 2.83. The van der Waals surface area contributed by atoms with E-state index in [0.717, 1.165) is 31.6 Å². The van der Waals surface area contributed by atoms with Gasteiger partial charge in [-0.3, -0.25) is 4.79 Å². The normalized spacial score (nSPS) is 16.0. The zero-order valence-corrected chi connectivity index (χ0v) is 13.3. The van der Waals surface area contributed by atoms with E-state index in [-0.39, 0.29) is 5.91 Å². The van der Waals surface area contributed by atoms with E-state index in [2.05, 4.69) is 25.2 Å². The number of nitrogens with one attached hydrogen (secondary N) is 1. The summed E-state index contributed by atoms with van der Waals surface area (Å²) >= 11 is 0. The summed E-state index contributed by atoms with van der Waals surface area (Å²) in [5, 5.41) is 3.31. The summed E-state index contributed by atoms with van der Waals surface area (Å²) in [5.74, 6) is 0.105. The molecule has 21 heavy (non-hydrogen) atoms. The quantitative estimate of drug-likeness (QED) is 0.905. The highest BCUT2D eigenvalue weighted by molar-refractivity contribution is 5.93. The lowest BCUT2D eigenvalue weighted by molar-refractivity contribution is -0.120. The van der Waals surface area contributed by atoms with Crippen LogP contribution in [0.5, 0.6) is 0 Å². The van der Waals surface area contributed by atoms with Gasteiger partial charge in [-0.05, 0) is 63.0 Å². The predicted octanol–water partition coefficient (Wildman–Crippen LogP) is 2.42. The number of anilines is 1. The average molecular weight is 290 g/mol. The lowest BCUT2D eigenvalue weighted by Gasteiger charge is -2.23. The molecule has 1 heterocycles. The number of benzene rings is 1. The van der Waals surface area contributed by atoms with E-state index < -0.39 is 0 Å². The molecule has 0 atom stereocenters. The van der Waals surface area contributed by atoms with Crippen LogP contribution < -0.4 is 10.2 Å². The highest BCUT2D eigenvalue weighted by Crippen LogP contribution is 2.18. The summed E-state index contributed by atoms with van der Waals surface area (Å²) in [6.45, 7) is 6.64. The van der Waals surface area contributed by atoms with Crippen LogP contribution in [0.15, 0.2) is 18.2 Å². The molecule has 1 N–H and O–H groups in total. The van der Waals surface area contributed by atoms with Gasteiger partial charge in [0.05, 0.1) is 19.1 Å². The summed E-state index contributed by atoms with van der Waals surface area (Å²) in [5.41, 5.74) is 3.31. The zero-order chi connectivity index (χ0) is 15.2. The predicted molar refractivity (Wildman–Crippen MR) is 85.8 cm³/mol. The standard InChI is InChI=1S/C17H26N2O2/c1-13-10-14(2)12-15(11-13)19(3)17(20)6-9-21-16-4-7-18-8-5-16/h10-12,16,18H,4-9H2,1-3H3. The Balaban J connectivity index is 1.81. The number of carbonyl (C=O) groups excluding carboxylic acids is 1. The van der Waals surface area contributed by atoms with Crippen LogP contribution in [0.4, 0.5) is 5.69 Å². The molecule has 4 heteroatoms. The van der Waals surface area contributed by atoms with Gasteiger partial charge in [0, 0.05) is 12.7 Å². The van der Waals surface area contributed by atoms with Gasteiger partial charge in [-0.1, -0.05) is 6.07 Å². The summed E-state index contributed by atoms with van der Waals surface area (Å²) in [4.78, 5) is 14.0. The highest BCUT2D eigenvalue weighted by atomic mass is 16.5. The number of rotatable bonds is 5. The first-order valence-corrected chi connectivity index (χ1v) is 7.73. The van der Waals surface area contributed by atoms with Crippen molar-refractivity contribution in [3.8, 4) is 0 Å². The molecule has 1 saturated heterocycles. The Kier molecular flexibility index (Phi) is 5.76. The molecule has 1 amide bonds. The van der Waals surface area contributed by atoms with E-state index in [0.29, 0.717) is 19.1 Å². The molecule has 116 valence electrons. The number of hydrogen-bond donors (Lipinski definition) is 1. The molecule has 0 saturated carbocycles. The average Bonchev–Trinajstić information content (AvgIpc) is 2.46. The third-order valence-corrected chi connectivity index (χ3v) is 3.92. The molecule has 1 aromatic carbocycles. The number of aryl methyl sites for hydroxylation is 2. The van der Waals surface area contributed by atoms with Crippen molar-refractivity contribution in [2.24, 2.45) is 0 Å². The summed E-state index contributed by atoms with van der Waals surface area (Å²) in [7, 11) is 1.83. The van der Waals surface area contributed by atoms with Gasteiger partial charge in [0.15, 0.2) is 0 Å². The maximum Gasteiger partial charge on any atom is 0.229 e. The molecule has 0 spiro atoms. The fraction of sp³-hybridized carbons (Fsp3) is 0.588. The molecule has 0 unspecified atom stereocenters. The maximum absolute atomic E-state index is 12.2. The maximum atomic E-state index is 12.2. The van der Waals surface area contributed by atoms with E-state index in [1.807, 2.05) is 19.2 Å². The molecular formula is C17H26N2O2. The second-order valence-electron chi connectivity index (χ2n) is 5.87. The van der Waals surface area contributed by atoms with Crippen LogP contribution in [0.1, 0.15) is 30.4 Å². The van der Waals surface area contributed by atoms with Crippen molar-refractivity contribution in [3.05, 3.63) is 29.3 Å². The first-order chi connectivity index (χ1) is 10.1. The zero-order valence-electron chi connectivity index (χ0n) is 13.3. The number of amides is 1. The Morgan fingerprint density at radius 2 is 1.86 bits per heavy atom. The Morgan fingerprint density at radius 1 is 1.24 bits per heavy atom. The van der Waals surface area contributed by atoms with Crippen LogP contribution in [0.25, 0.3) is 0 Å². The van der Waals surface area contributed by atoms with E-state index in [1.54, 1.807) is 4.90 Å². The monoisotopic (exact) mass is 290 g/mol. The van der Waals surface area contributed by atoms with Gasteiger partial charge < -0.3 is 15.0 Å². The van der Waals surface area contributed by atoms with Gasteiger partial charge >= 0.3 is 0 Å². The third-order valence-electron chi connectivity index (χ3n) is 3.92. The molecule has 4 nitrogen and oxygen atoms in total. The Bertz CT molecular complexity index is 461. The van der Waals surface area contributed by atoms with Crippen molar-refractivity contribution >= 4 is 11.6 Å². The molecule has 1 aliphatic rings. The smallest absolute Gasteiger partial charge is 0.229 e. The van der Waals surface area contributed by atoms with Gasteiger partial charge in [0.1, 0.15) is 0 Å². The largest absolute Gasteiger partial charge is 0.378 e. The van der Waals surface area contributed by atoms with E-state index in [1.165, 1.54) is 11.1 Å². The van der Waals surface area contributed by atoms with E-state index >= 15 is 0 Å². The SMILES string of the molecule is Cc1cc(C)cc(N(C)C(=O)CCOC2CCNCC2)c1. The summed E-state index contributed by atoms with van der Waals surface area (Å²) in [6, 6.07) is 6.19. The topological polar surface area (TPSA) is 41.6 Å². The van der Waals surface area contributed by atoms with Crippen molar-refractivity contribution in [1.29, 1.82) is 0 Å². The number of piperidine rings is 1. The lowest BCUT2D eigenvalue weighted by atomic mass is 10.1. The molecule has 2 rings (SSSR count). The van der Waals surface area contributed by atoms with Crippen molar-refractivity contribution in [1.82, 2.24) is 5.32 Å². The Morgan fingerprint density at radius 3 is 2.48 bits per heavy atom. The van der Waals surface area contributed by atoms with Gasteiger partial charge in [0.25, 0.3) is 0 Å². The minimum Gasteiger partial charge on any atom is -0.378 e. The fourth-order valence-electron chi connectivity index (χ4n) is 2.73. The number of ether oxygens (including phenoxy) is 1. The van der Waals surface area contributed by atoms with Gasteiger partial charge in [-0.2, -0.15) is 0 Å². The molecule has 0 radical (unpaired) electrons. The highest BCUT2D eigenvalue weighted by Gasteiger charge is 2.15. The van der Waals surface area contributed by atoms with Gasteiger partial charge in [-0.15, -0.1) is 0 Å². The first-order valence-electron chi connectivity index (χ1n) is 7.73. The van der Waals surface area contributed by atoms with Crippen LogP contribution in [0, 0.1) is 13.8 Å². The minimum absolute atomic E-state index is 0.105. The molecule has 0 aromatic heterocycles. The van der Waals surface area contributed by atoms with Gasteiger partial charge in [-0.25, -0.2) is 0 Å². The number of hydrogen-bond acceptors (Lipinski definition) is 3. The molecular weight excluding hydrogens is 264 g/mol. The number of nitrogens with zero attached hydrogens (tertiary/aromatic N) is 1. The molecule has 0 aliphatic carbocycles. The molecule has 0 bridgehead atoms. The summed E-state index contributed by atoms with van der Waals surface area (Å²) < 4.78 is 5.80. The third kappa shape index (κ3) is 4.83. The van der Waals surface area contributed by atoms with Crippen molar-refractivity contribution in [2.45, 2.75) is 39.2 Å². The Hall–Kier alpha value is -1.39.